The quantitative estimate of drug-likeness (QED) is 0.704. The van der Waals surface area contributed by atoms with Gasteiger partial charge in [0.15, 0.2) is 0 Å². The number of nitrogens with one attached hydrogen (secondary N) is 1. The first kappa shape index (κ1) is 21.0. The average Bonchev–Trinajstić information content (AvgIpc) is 3.02. The first-order chi connectivity index (χ1) is 10.2. The Morgan fingerprint density at radius 3 is 2.43 bits per heavy atom. The smallest absolute Gasteiger partial charge is 0.129 e. The molecule has 0 bridgehead atoms. The van der Waals surface area contributed by atoms with Crippen LogP contribution in [0.15, 0.2) is 29.6 Å². The number of piperazine rings is 1. The van der Waals surface area contributed by atoms with Gasteiger partial charge in [-0.05, 0) is 23.6 Å². The van der Waals surface area contributed by atoms with E-state index < -0.39 is 0 Å². The van der Waals surface area contributed by atoms with Gasteiger partial charge in [-0.15, -0.1) is 36.2 Å². The third kappa shape index (κ3) is 4.51. The molecule has 1 aromatic carbocycles. The van der Waals surface area contributed by atoms with Crippen LogP contribution in [-0.2, 0) is 0 Å². The molecule has 1 atom stereocenters. The van der Waals surface area contributed by atoms with Crippen LogP contribution in [0.5, 0.6) is 0 Å². The molecule has 0 amide bonds. The second-order valence-electron chi connectivity index (χ2n) is 4.96. The Kier molecular flexibility index (Phi) is 8.59. The Morgan fingerprint density at radius 2 is 1.83 bits per heavy atom. The number of nitrogens with zero attached hydrogens (tertiary/aromatic N) is 1. The lowest BCUT2D eigenvalue weighted by molar-refractivity contribution is 0.197. The van der Waals surface area contributed by atoms with Gasteiger partial charge in [0.05, 0.1) is 16.1 Å². The standard InChI is InChI=1S/C15H15Cl2FN2S.2ClH/c16-10-3-4-11(18)13(14(10)17)15(12-2-1-9-21-12)20-7-5-19-6-8-20;;/h1-4,9,15,19H,5-8H2;2*1H/t15-;;/m0../s1. The summed E-state index contributed by atoms with van der Waals surface area (Å²) >= 11 is 14.0. The van der Waals surface area contributed by atoms with Crippen LogP contribution in [0.25, 0.3) is 0 Å². The van der Waals surface area contributed by atoms with Gasteiger partial charge in [-0.2, -0.15) is 0 Å². The number of halogens is 5. The maximum atomic E-state index is 14.4. The number of hydrogen-bond acceptors (Lipinski definition) is 3. The van der Waals surface area contributed by atoms with Crippen molar-refractivity contribution in [2.75, 3.05) is 26.2 Å². The first-order valence-corrected chi connectivity index (χ1v) is 8.43. The highest BCUT2D eigenvalue weighted by Gasteiger charge is 2.29. The normalized spacial score (nSPS) is 16.3. The molecule has 23 heavy (non-hydrogen) atoms. The van der Waals surface area contributed by atoms with Gasteiger partial charge < -0.3 is 5.32 Å². The zero-order valence-electron chi connectivity index (χ0n) is 12.1. The average molecular weight is 418 g/mol. The van der Waals surface area contributed by atoms with E-state index in [1.807, 2.05) is 17.5 Å². The first-order valence-electron chi connectivity index (χ1n) is 6.80. The Labute approximate surface area is 161 Å². The van der Waals surface area contributed by atoms with Crippen molar-refractivity contribution in [3.63, 3.8) is 0 Å². The molecule has 3 rings (SSSR count). The maximum absolute atomic E-state index is 14.4. The summed E-state index contributed by atoms with van der Waals surface area (Å²) in [5.74, 6) is -0.304. The SMILES string of the molecule is Cl.Cl.Fc1ccc(Cl)c(Cl)c1[C@H](c1cccs1)N1CCNCC1. The van der Waals surface area contributed by atoms with Gasteiger partial charge in [-0.1, -0.05) is 29.3 Å². The van der Waals surface area contributed by atoms with Crippen molar-refractivity contribution in [3.05, 3.63) is 55.9 Å². The van der Waals surface area contributed by atoms with Crippen LogP contribution in [0.1, 0.15) is 16.5 Å². The number of thiophene rings is 1. The molecule has 1 aliphatic rings. The van der Waals surface area contributed by atoms with Gasteiger partial charge >= 0.3 is 0 Å². The molecule has 0 aliphatic carbocycles. The molecule has 0 radical (unpaired) electrons. The summed E-state index contributed by atoms with van der Waals surface area (Å²) in [6.07, 6.45) is 0. The van der Waals surface area contributed by atoms with E-state index in [4.69, 9.17) is 23.2 Å². The van der Waals surface area contributed by atoms with E-state index in [1.54, 1.807) is 11.3 Å². The summed E-state index contributed by atoms with van der Waals surface area (Å²) in [6.45, 7) is 3.49. The van der Waals surface area contributed by atoms with Crippen molar-refractivity contribution in [1.29, 1.82) is 0 Å². The van der Waals surface area contributed by atoms with Crippen molar-refractivity contribution in [2.45, 2.75) is 6.04 Å². The fourth-order valence-electron chi connectivity index (χ4n) is 2.69. The number of hydrogen-bond donors (Lipinski definition) is 1. The summed E-state index contributed by atoms with van der Waals surface area (Å²) in [5.41, 5.74) is 0.480. The van der Waals surface area contributed by atoms with Crippen molar-refractivity contribution in [1.82, 2.24) is 10.2 Å². The summed E-state index contributed by atoms with van der Waals surface area (Å²) in [4.78, 5) is 3.34. The van der Waals surface area contributed by atoms with Crippen molar-refractivity contribution >= 4 is 59.4 Å². The fourth-order valence-corrected chi connectivity index (χ4v) is 3.97. The van der Waals surface area contributed by atoms with Gasteiger partial charge in [0.25, 0.3) is 0 Å². The fraction of sp³-hybridized carbons (Fsp3) is 0.333. The minimum atomic E-state index is -0.304. The molecule has 0 unspecified atom stereocenters. The van der Waals surface area contributed by atoms with Crippen LogP contribution < -0.4 is 5.32 Å². The molecule has 8 heteroatoms. The summed E-state index contributed by atoms with van der Waals surface area (Å²) in [6, 6.07) is 6.72. The zero-order valence-corrected chi connectivity index (χ0v) is 16.1. The summed E-state index contributed by atoms with van der Waals surface area (Å²) < 4.78 is 14.4. The molecule has 128 valence electrons. The molecule has 0 saturated carbocycles. The molecule has 1 N–H and O–H groups in total. The van der Waals surface area contributed by atoms with Crippen molar-refractivity contribution in [3.8, 4) is 0 Å². The Balaban J connectivity index is 0.00000132. The maximum Gasteiger partial charge on any atom is 0.129 e. The highest BCUT2D eigenvalue weighted by atomic mass is 35.5. The molecule has 2 heterocycles. The molecular formula is C15H17Cl4FN2S. The van der Waals surface area contributed by atoms with Gasteiger partial charge in [-0.3, -0.25) is 4.90 Å². The van der Waals surface area contributed by atoms with E-state index in [9.17, 15) is 4.39 Å². The predicted molar refractivity (Wildman–Crippen MR) is 102 cm³/mol. The van der Waals surface area contributed by atoms with E-state index >= 15 is 0 Å². The highest BCUT2D eigenvalue weighted by Crippen LogP contribution is 2.40. The van der Waals surface area contributed by atoms with Crippen LogP contribution in [0.3, 0.4) is 0 Å². The van der Waals surface area contributed by atoms with Crippen molar-refractivity contribution in [2.24, 2.45) is 0 Å². The third-order valence-electron chi connectivity index (χ3n) is 3.68. The number of rotatable bonds is 3. The molecule has 1 aliphatic heterocycles. The Morgan fingerprint density at radius 1 is 1.13 bits per heavy atom. The van der Waals surface area contributed by atoms with Crippen molar-refractivity contribution < 1.29 is 4.39 Å². The third-order valence-corrected chi connectivity index (χ3v) is 5.43. The monoisotopic (exact) mass is 416 g/mol. The van der Waals surface area contributed by atoms with E-state index in [2.05, 4.69) is 10.2 Å². The molecule has 1 fully saturated rings. The molecule has 2 nitrogen and oxygen atoms in total. The topological polar surface area (TPSA) is 15.3 Å². The predicted octanol–water partition coefficient (Wildman–Crippen LogP) is 5.03. The summed E-state index contributed by atoms with van der Waals surface area (Å²) in [5, 5.41) is 6.02. The lowest BCUT2D eigenvalue weighted by Crippen LogP contribution is -2.45. The molecular weight excluding hydrogens is 401 g/mol. The largest absolute Gasteiger partial charge is 0.314 e. The van der Waals surface area contributed by atoms with E-state index in [1.165, 1.54) is 12.1 Å². The summed E-state index contributed by atoms with van der Waals surface area (Å²) in [7, 11) is 0. The molecule has 1 saturated heterocycles. The second kappa shape index (κ2) is 9.42. The van der Waals surface area contributed by atoms with Gasteiger partial charge in [-0.25, -0.2) is 4.39 Å². The van der Waals surface area contributed by atoms with Gasteiger partial charge in [0, 0.05) is 36.6 Å². The molecule has 2 aromatic rings. The highest BCUT2D eigenvalue weighted by molar-refractivity contribution is 7.10. The van der Waals surface area contributed by atoms with E-state index in [-0.39, 0.29) is 36.7 Å². The zero-order chi connectivity index (χ0) is 14.8. The van der Waals surface area contributed by atoms with E-state index in [0.717, 1.165) is 31.1 Å². The van der Waals surface area contributed by atoms with Crippen LogP contribution in [0, 0.1) is 5.82 Å². The Bertz CT molecular complexity index is 618. The van der Waals surface area contributed by atoms with Crippen LogP contribution in [0.2, 0.25) is 10.0 Å². The second-order valence-corrected chi connectivity index (χ2v) is 6.73. The van der Waals surface area contributed by atoms with E-state index in [0.29, 0.717) is 15.6 Å². The van der Waals surface area contributed by atoms with Crippen LogP contribution >= 0.6 is 59.4 Å². The Hall–Kier alpha value is -0.0700. The lowest BCUT2D eigenvalue weighted by atomic mass is 10.0. The minimum Gasteiger partial charge on any atom is -0.314 e. The van der Waals surface area contributed by atoms with Gasteiger partial charge in [0.1, 0.15) is 5.82 Å². The minimum absolute atomic E-state index is 0. The van der Waals surface area contributed by atoms with Crippen LogP contribution in [0.4, 0.5) is 4.39 Å². The number of benzene rings is 1. The van der Waals surface area contributed by atoms with Crippen LogP contribution in [-0.4, -0.2) is 31.1 Å². The molecule has 0 spiro atoms. The molecule has 1 aromatic heterocycles. The van der Waals surface area contributed by atoms with Gasteiger partial charge in [0.2, 0.25) is 0 Å². The lowest BCUT2D eigenvalue weighted by Gasteiger charge is -2.35.